The quantitative estimate of drug-likeness (QED) is 0.339. The van der Waals surface area contributed by atoms with Crippen LogP contribution in [0.5, 0.6) is 0 Å². The topological polar surface area (TPSA) is 103 Å². The maximum absolute atomic E-state index is 13.2. The van der Waals surface area contributed by atoms with Crippen LogP contribution < -0.4 is 20.7 Å². The minimum atomic E-state index is -3.45. The summed E-state index contributed by atoms with van der Waals surface area (Å²) in [5.74, 6) is -0.280. The summed E-state index contributed by atoms with van der Waals surface area (Å²) >= 11 is 0. The molecule has 0 aromatic heterocycles. The Balaban J connectivity index is 1.49. The Hall–Kier alpha value is -3.66. The molecule has 3 aromatic carbocycles. The van der Waals surface area contributed by atoms with E-state index in [2.05, 4.69) is 37.7 Å². The molecule has 1 amide bonds. The van der Waals surface area contributed by atoms with Crippen molar-refractivity contribution in [3.8, 4) is 0 Å². The zero-order valence-electron chi connectivity index (χ0n) is 20.8. The van der Waals surface area contributed by atoms with Crippen LogP contribution in [0.2, 0.25) is 0 Å². The second-order valence-electron chi connectivity index (χ2n) is 9.18. The van der Waals surface area contributed by atoms with E-state index in [-0.39, 0.29) is 11.7 Å². The van der Waals surface area contributed by atoms with Crippen molar-refractivity contribution in [1.29, 1.82) is 0 Å². The van der Waals surface area contributed by atoms with E-state index in [4.69, 9.17) is 0 Å². The summed E-state index contributed by atoms with van der Waals surface area (Å²) in [6.45, 7) is 6.58. The van der Waals surface area contributed by atoms with E-state index in [0.29, 0.717) is 28.2 Å². The van der Waals surface area contributed by atoms with Gasteiger partial charge in [0.1, 0.15) is 0 Å². The molecule has 0 spiro atoms. The molecular weight excluding hydrogens is 486 g/mol. The van der Waals surface area contributed by atoms with Crippen LogP contribution in [-0.2, 0) is 21.4 Å². The molecule has 0 atom stereocenters. The smallest absolute Gasteiger partial charge is 0.258 e. The van der Waals surface area contributed by atoms with Gasteiger partial charge in [-0.25, -0.2) is 8.42 Å². The highest BCUT2D eigenvalue weighted by molar-refractivity contribution is 7.92. The number of hydrogen-bond acceptors (Lipinski definition) is 6. The van der Waals surface area contributed by atoms with E-state index in [1.54, 1.807) is 25.1 Å². The number of carbonyl (C=O) groups is 1. The summed E-state index contributed by atoms with van der Waals surface area (Å²) in [6, 6.07) is 23.0. The van der Waals surface area contributed by atoms with Crippen molar-refractivity contribution in [1.82, 2.24) is 10.2 Å². The third kappa shape index (κ3) is 5.85. The number of nitrogens with one attached hydrogen (secondary N) is 4. The van der Waals surface area contributed by atoms with Gasteiger partial charge in [0.2, 0.25) is 10.0 Å². The van der Waals surface area contributed by atoms with Gasteiger partial charge in [-0.3, -0.25) is 14.4 Å². The van der Waals surface area contributed by atoms with Gasteiger partial charge in [-0.2, -0.15) is 0 Å². The average Bonchev–Trinajstić information content (AvgIpc) is 3.24. The molecule has 0 saturated carbocycles. The van der Waals surface area contributed by atoms with Gasteiger partial charge in [-0.15, -0.1) is 0 Å². The largest absolute Gasteiger partial charge is 0.354 e. The molecule has 1 fully saturated rings. The average molecular weight is 518 g/mol. The Kier molecular flexibility index (Phi) is 7.27. The maximum atomic E-state index is 13.2. The van der Waals surface area contributed by atoms with Crippen molar-refractivity contribution in [3.63, 3.8) is 0 Å². The summed E-state index contributed by atoms with van der Waals surface area (Å²) in [6.07, 6.45) is 0. The monoisotopic (exact) mass is 517 g/mol. The van der Waals surface area contributed by atoms with Gasteiger partial charge in [-0.1, -0.05) is 42.5 Å². The van der Waals surface area contributed by atoms with Crippen molar-refractivity contribution < 1.29 is 13.2 Å². The molecule has 0 bridgehead atoms. The first-order valence-electron chi connectivity index (χ1n) is 12.5. The van der Waals surface area contributed by atoms with E-state index in [9.17, 15) is 13.2 Å². The Bertz CT molecular complexity index is 1410. The van der Waals surface area contributed by atoms with Gasteiger partial charge in [0, 0.05) is 55.3 Å². The van der Waals surface area contributed by atoms with Crippen molar-refractivity contribution in [3.05, 3.63) is 89.5 Å². The molecular formula is C28H31N5O3S. The number of fused-ring (bicyclic) bond motifs is 1. The highest BCUT2D eigenvalue weighted by Crippen LogP contribution is 2.39. The third-order valence-electron chi connectivity index (χ3n) is 6.57. The number of rotatable bonds is 8. The number of anilines is 3. The van der Waals surface area contributed by atoms with E-state index in [0.717, 1.165) is 44.0 Å². The lowest BCUT2D eigenvalue weighted by Crippen LogP contribution is -2.42. The number of nitrogens with zero attached hydrogens (tertiary/aromatic N) is 1. The van der Waals surface area contributed by atoms with Gasteiger partial charge in [-0.05, 0) is 48.4 Å². The van der Waals surface area contributed by atoms with Crippen molar-refractivity contribution in [2.45, 2.75) is 13.5 Å². The lowest BCUT2D eigenvalue weighted by Gasteiger charge is -2.27. The summed E-state index contributed by atoms with van der Waals surface area (Å²) in [7, 11) is -3.45. The van der Waals surface area contributed by atoms with Gasteiger partial charge in [0.15, 0.2) is 0 Å². The zero-order valence-corrected chi connectivity index (χ0v) is 21.6. The Morgan fingerprint density at radius 3 is 2.35 bits per heavy atom. The molecule has 2 heterocycles. The predicted octanol–water partition coefficient (Wildman–Crippen LogP) is 3.79. The van der Waals surface area contributed by atoms with Crippen LogP contribution in [0.25, 0.3) is 11.3 Å². The summed E-state index contributed by atoms with van der Waals surface area (Å²) in [5.41, 5.74) is 5.76. The molecule has 0 unspecified atom stereocenters. The first-order valence-corrected chi connectivity index (χ1v) is 14.1. The number of sulfonamides is 1. The molecule has 37 heavy (non-hydrogen) atoms. The van der Waals surface area contributed by atoms with Gasteiger partial charge in [0.05, 0.1) is 17.0 Å². The zero-order chi connectivity index (χ0) is 25.8. The van der Waals surface area contributed by atoms with E-state index in [1.165, 1.54) is 5.56 Å². The number of hydrogen-bond donors (Lipinski definition) is 4. The number of carbonyl (C=O) groups excluding carboxylic acids is 1. The van der Waals surface area contributed by atoms with E-state index in [1.807, 2.05) is 42.5 Å². The van der Waals surface area contributed by atoms with Crippen LogP contribution in [0.1, 0.15) is 23.6 Å². The molecule has 3 aromatic rings. The molecule has 9 heteroatoms. The van der Waals surface area contributed by atoms with Crippen molar-refractivity contribution >= 4 is 44.3 Å². The molecule has 2 aliphatic heterocycles. The maximum Gasteiger partial charge on any atom is 0.258 e. The van der Waals surface area contributed by atoms with Crippen LogP contribution >= 0.6 is 0 Å². The number of benzene rings is 3. The van der Waals surface area contributed by atoms with Crippen LogP contribution in [-0.4, -0.2) is 51.2 Å². The first-order chi connectivity index (χ1) is 17.9. The SMILES string of the molecule is CCS(=O)(=O)Nc1ccc2c(c1)C(=C(Nc1ccc(CN3CCNCC3)cc1)c1ccccc1)C(=O)N2. The molecule has 2 aliphatic rings. The van der Waals surface area contributed by atoms with Crippen LogP contribution in [0.4, 0.5) is 17.1 Å². The predicted molar refractivity (Wildman–Crippen MR) is 150 cm³/mol. The fraction of sp³-hybridized carbons (Fsp3) is 0.250. The van der Waals surface area contributed by atoms with E-state index >= 15 is 0 Å². The lowest BCUT2D eigenvalue weighted by molar-refractivity contribution is -0.110. The normalized spacial score (nSPS) is 17.2. The molecule has 5 rings (SSSR count). The number of amides is 1. The summed E-state index contributed by atoms with van der Waals surface area (Å²) < 4.78 is 26.9. The van der Waals surface area contributed by atoms with Gasteiger partial charge >= 0.3 is 0 Å². The molecule has 8 nitrogen and oxygen atoms in total. The Morgan fingerprint density at radius 1 is 0.946 bits per heavy atom. The van der Waals surface area contributed by atoms with Crippen LogP contribution in [0.3, 0.4) is 0 Å². The Morgan fingerprint density at radius 2 is 1.65 bits per heavy atom. The summed E-state index contributed by atoms with van der Waals surface area (Å²) in [5, 5.41) is 9.77. The standard InChI is InChI=1S/C28H31N5O3S/c1-2-37(35,36)32-23-12-13-25-24(18-23)26(28(34)31-25)27(21-6-4-3-5-7-21)30-22-10-8-20(9-11-22)19-33-16-14-29-15-17-33/h3-13,18,29-30,32H,2,14-17,19H2,1H3,(H,31,34). The highest BCUT2D eigenvalue weighted by atomic mass is 32.2. The highest BCUT2D eigenvalue weighted by Gasteiger charge is 2.29. The fourth-order valence-corrected chi connectivity index (χ4v) is 5.21. The first kappa shape index (κ1) is 25.0. The van der Waals surface area contributed by atoms with Crippen LogP contribution in [0.15, 0.2) is 72.8 Å². The molecule has 192 valence electrons. The number of piperazine rings is 1. The lowest BCUT2D eigenvalue weighted by atomic mass is 9.99. The second kappa shape index (κ2) is 10.8. The van der Waals surface area contributed by atoms with Gasteiger partial charge in [0.25, 0.3) is 5.91 Å². The molecule has 0 radical (unpaired) electrons. The van der Waals surface area contributed by atoms with Crippen LogP contribution in [0, 0.1) is 0 Å². The summed E-state index contributed by atoms with van der Waals surface area (Å²) in [4.78, 5) is 15.6. The second-order valence-corrected chi connectivity index (χ2v) is 11.2. The molecule has 4 N–H and O–H groups in total. The van der Waals surface area contributed by atoms with Gasteiger partial charge < -0.3 is 16.0 Å². The molecule has 0 aliphatic carbocycles. The minimum absolute atomic E-state index is 0.0363. The van der Waals surface area contributed by atoms with Crippen molar-refractivity contribution in [2.24, 2.45) is 0 Å². The third-order valence-corrected chi connectivity index (χ3v) is 7.88. The molecule has 1 saturated heterocycles. The fourth-order valence-electron chi connectivity index (χ4n) is 4.58. The Labute approximate surface area is 217 Å². The van der Waals surface area contributed by atoms with Crippen molar-refractivity contribution in [2.75, 3.05) is 47.3 Å². The minimum Gasteiger partial charge on any atom is -0.354 e. The van der Waals surface area contributed by atoms with E-state index < -0.39 is 10.0 Å².